The highest BCUT2D eigenvalue weighted by Crippen LogP contribution is 2.15. The third kappa shape index (κ3) is 4.18. The summed E-state index contributed by atoms with van der Waals surface area (Å²) in [5.74, 6) is 0.529. The zero-order valence-corrected chi connectivity index (χ0v) is 12.9. The van der Waals surface area contributed by atoms with Gasteiger partial charge in [0.05, 0.1) is 0 Å². The lowest BCUT2D eigenvalue weighted by Crippen LogP contribution is -2.36. The lowest BCUT2D eigenvalue weighted by molar-refractivity contribution is 0.0939. The number of piperidine rings is 1. The Balaban J connectivity index is 1.90. The smallest absolute Gasteiger partial charge is 0.251 e. The molecule has 5 heteroatoms. The Morgan fingerprint density at radius 3 is 2.80 bits per heavy atom. The van der Waals surface area contributed by atoms with Crippen molar-refractivity contribution >= 4 is 17.5 Å². The highest BCUT2D eigenvalue weighted by atomic mass is 35.5. The molecule has 2 rings (SSSR count). The van der Waals surface area contributed by atoms with Crippen molar-refractivity contribution in [3.63, 3.8) is 0 Å². The second-order valence-electron chi connectivity index (χ2n) is 5.48. The van der Waals surface area contributed by atoms with Gasteiger partial charge in [0.2, 0.25) is 0 Å². The number of aryl methyl sites for hydroxylation is 1. The van der Waals surface area contributed by atoms with Gasteiger partial charge in [-0.15, -0.1) is 0 Å². The molecule has 110 valence electrons. The Bertz CT molecular complexity index is 470. The van der Waals surface area contributed by atoms with Gasteiger partial charge in [0.1, 0.15) is 5.15 Å². The largest absolute Gasteiger partial charge is 0.352 e. The van der Waals surface area contributed by atoms with Crippen molar-refractivity contribution in [3.8, 4) is 0 Å². The van der Waals surface area contributed by atoms with Gasteiger partial charge in [0, 0.05) is 17.8 Å². The maximum Gasteiger partial charge on any atom is 0.251 e. The highest BCUT2D eigenvalue weighted by molar-refractivity contribution is 6.29. The van der Waals surface area contributed by atoms with E-state index in [1.165, 1.54) is 0 Å². The molecule has 1 fully saturated rings. The number of aromatic nitrogens is 1. The standard InChI is InChI=1S/C15H22ClN3O/c1-3-13-8-12(9-14(16)18-13)15(20)17-10-11-4-6-19(2)7-5-11/h8-9,11H,3-7,10H2,1-2H3,(H,17,20). The third-order valence-corrected chi connectivity index (χ3v) is 4.05. The highest BCUT2D eigenvalue weighted by Gasteiger charge is 2.17. The summed E-state index contributed by atoms with van der Waals surface area (Å²) in [6.45, 7) is 4.97. The summed E-state index contributed by atoms with van der Waals surface area (Å²) in [6.07, 6.45) is 3.07. The van der Waals surface area contributed by atoms with E-state index in [1.54, 1.807) is 6.07 Å². The first-order valence-corrected chi connectivity index (χ1v) is 7.59. The summed E-state index contributed by atoms with van der Waals surface area (Å²) >= 11 is 5.94. The first-order chi connectivity index (χ1) is 9.58. The fourth-order valence-electron chi connectivity index (χ4n) is 2.47. The summed E-state index contributed by atoms with van der Waals surface area (Å²) in [6, 6.07) is 3.44. The number of hydrogen-bond donors (Lipinski definition) is 1. The number of nitrogens with zero attached hydrogens (tertiary/aromatic N) is 2. The van der Waals surface area contributed by atoms with Crippen LogP contribution in [-0.2, 0) is 6.42 Å². The average Bonchev–Trinajstić information content (AvgIpc) is 2.45. The number of amides is 1. The molecule has 4 nitrogen and oxygen atoms in total. The maximum atomic E-state index is 12.2. The van der Waals surface area contributed by atoms with Crippen LogP contribution in [0.4, 0.5) is 0 Å². The van der Waals surface area contributed by atoms with Crippen molar-refractivity contribution in [2.45, 2.75) is 26.2 Å². The van der Waals surface area contributed by atoms with Crippen LogP contribution in [0.25, 0.3) is 0 Å². The van der Waals surface area contributed by atoms with Gasteiger partial charge in [0.25, 0.3) is 5.91 Å². The summed E-state index contributed by atoms with van der Waals surface area (Å²) in [5, 5.41) is 3.40. The van der Waals surface area contributed by atoms with Crippen molar-refractivity contribution in [2.75, 3.05) is 26.7 Å². The zero-order chi connectivity index (χ0) is 14.5. The Morgan fingerprint density at radius 2 is 2.15 bits per heavy atom. The predicted molar refractivity (Wildman–Crippen MR) is 81.2 cm³/mol. The SMILES string of the molecule is CCc1cc(C(=O)NCC2CCN(C)CC2)cc(Cl)n1. The molecule has 0 aliphatic carbocycles. The van der Waals surface area contributed by atoms with Crippen molar-refractivity contribution < 1.29 is 4.79 Å². The van der Waals surface area contributed by atoms with E-state index in [0.29, 0.717) is 16.6 Å². The minimum absolute atomic E-state index is 0.0528. The Kier molecular flexibility index (Phi) is 5.38. The number of hydrogen-bond acceptors (Lipinski definition) is 3. The van der Waals surface area contributed by atoms with Gasteiger partial charge in [-0.3, -0.25) is 4.79 Å². The number of carbonyl (C=O) groups excluding carboxylic acids is 1. The van der Waals surface area contributed by atoms with E-state index in [4.69, 9.17) is 11.6 Å². The van der Waals surface area contributed by atoms with E-state index < -0.39 is 0 Å². The molecule has 0 saturated carbocycles. The molecule has 0 atom stereocenters. The average molecular weight is 296 g/mol. The molecule has 2 heterocycles. The van der Waals surface area contributed by atoms with Gasteiger partial charge in [-0.25, -0.2) is 4.98 Å². The molecule has 1 aliphatic rings. The number of halogens is 1. The molecule has 1 aliphatic heterocycles. The second kappa shape index (κ2) is 7.04. The van der Waals surface area contributed by atoms with Crippen LogP contribution < -0.4 is 5.32 Å². The second-order valence-corrected chi connectivity index (χ2v) is 5.87. The van der Waals surface area contributed by atoms with Crippen LogP contribution in [0.3, 0.4) is 0 Å². The molecule has 1 amide bonds. The van der Waals surface area contributed by atoms with Gasteiger partial charge in [0.15, 0.2) is 0 Å². The molecule has 0 bridgehead atoms. The first-order valence-electron chi connectivity index (χ1n) is 7.21. The molecule has 0 aromatic carbocycles. The van der Waals surface area contributed by atoms with Crippen LogP contribution in [-0.4, -0.2) is 42.5 Å². The molecule has 1 aromatic rings. The topological polar surface area (TPSA) is 45.2 Å². The maximum absolute atomic E-state index is 12.2. The summed E-state index contributed by atoms with van der Waals surface area (Å²) < 4.78 is 0. The molecule has 0 spiro atoms. The lowest BCUT2D eigenvalue weighted by Gasteiger charge is -2.28. The van der Waals surface area contributed by atoms with Gasteiger partial charge < -0.3 is 10.2 Å². The normalized spacial score (nSPS) is 17.1. The Morgan fingerprint density at radius 1 is 1.45 bits per heavy atom. The Labute approximate surface area is 125 Å². The predicted octanol–water partition coefficient (Wildman–Crippen LogP) is 2.37. The van der Waals surface area contributed by atoms with Crippen LogP contribution in [0.2, 0.25) is 5.15 Å². The fraction of sp³-hybridized carbons (Fsp3) is 0.600. The van der Waals surface area contributed by atoms with Crippen LogP contribution in [0.5, 0.6) is 0 Å². The van der Waals surface area contributed by atoms with Gasteiger partial charge in [-0.05, 0) is 57.5 Å². The molecule has 0 radical (unpaired) electrons. The summed E-state index contributed by atoms with van der Waals surface area (Å²) in [7, 11) is 2.14. The molecule has 1 saturated heterocycles. The molecule has 1 aromatic heterocycles. The number of nitrogens with one attached hydrogen (secondary N) is 1. The van der Waals surface area contributed by atoms with E-state index in [-0.39, 0.29) is 5.91 Å². The molecular formula is C15H22ClN3O. The summed E-state index contributed by atoms with van der Waals surface area (Å²) in [5.41, 5.74) is 1.46. The van der Waals surface area contributed by atoms with E-state index in [9.17, 15) is 4.79 Å². The van der Waals surface area contributed by atoms with E-state index in [1.807, 2.05) is 13.0 Å². The minimum atomic E-state index is -0.0528. The monoisotopic (exact) mass is 295 g/mol. The van der Waals surface area contributed by atoms with Gasteiger partial charge in [-0.2, -0.15) is 0 Å². The molecular weight excluding hydrogens is 274 g/mol. The minimum Gasteiger partial charge on any atom is -0.352 e. The number of carbonyl (C=O) groups is 1. The van der Waals surface area contributed by atoms with Crippen molar-refractivity contribution in [1.29, 1.82) is 0 Å². The van der Waals surface area contributed by atoms with Crippen LogP contribution in [0.15, 0.2) is 12.1 Å². The Hall–Kier alpha value is -1.13. The molecule has 1 N–H and O–H groups in total. The van der Waals surface area contributed by atoms with Crippen molar-refractivity contribution in [1.82, 2.24) is 15.2 Å². The zero-order valence-electron chi connectivity index (χ0n) is 12.2. The third-order valence-electron chi connectivity index (χ3n) is 3.86. The number of likely N-dealkylation sites (tertiary alicyclic amines) is 1. The fourth-order valence-corrected chi connectivity index (χ4v) is 2.69. The van der Waals surface area contributed by atoms with E-state index in [0.717, 1.165) is 44.6 Å². The van der Waals surface area contributed by atoms with Crippen molar-refractivity contribution in [2.24, 2.45) is 5.92 Å². The van der Waals surface area contributed by atoms with E-state index >= 15 is 0 Å². The van der Waals surface area contributed by atoms with Gasteiger partial charge >= 0.3 is 0 Å². The van der Waals surface area contributed by atoms with E-state index in [2.05, 4.69) is 22.2 Å². The van der Waals surface area contributed by atoms with Crippen molar-refractivity contribution in [3.05, 3.63) is 28.5 Å². The number of pyridine rings is 1. The van der Waals surface area contributed by atoms with Crippen LogP contribution >= 0.6 is 11.6 Å². The lowest BCUT2D eigenvalue weighted by atomic mass is 9.97. The summed E-state index contributed by atoms with van der Waals surface area (Å²) in [4.78, 5) is 18.7. The molecule has 0 unspecified atom stereocenters. The van der Waals surface area contributed by atoms with Crippen LogP contribution in [0, 0.1) is 5.92 Å². The quantitative estimate of drug-likeness (QED) is 0.868. The van der Waals surface area contributed by atoms with Gasteiger partial charge in [-0.1, -0.05) is 18.5 Å². The molecule has 20 heavy (non-hydrogen) atoms. The van der Waals surface area contributed by atoms with Crippen LogP contribution in [0.1, 0.15) is 35.8 Å². The number of rotatable bonds is 4. The first kappa shape index (κ1) is 15.3.